The monoisotopic (exact) mass is 436 g/mol. The highest BCUT2D eigenvalue weighted by Crippen LogP contribution is 2.25. The van der Waals surface area contributed by atoms with Crippen LogP contribution >= 0.6 is 11.8 Å². The molecule has 0 saturated carbocycles. The highest BCUT2D eigenvalue weighted by molar-refractivity contribution is 8.00. The summed E-state index contributed by atoms with van der Waals surface area (Å²) in [6.45, 7) is 0.719. The summed E-state index contributed by atoms with van der Waals surface area (Å²) < 4.78 is 40.2. The second-order valence-corrected chi connectivity index (χ2v) is 8.15. The van der Waals surface area contributed by atoms with Crippen LogP contribution in [-0.4, -0.2) is 40.4 Å². The SMILES string of the molecule is N[C@@H](CC(=O)N1CCSC1C(=O)NCc1c[c]ccc1)Cc1cc(F)c(F)cc1F. The van der Waals surface area contributed by atoms with Crippen molar-refractivity contribution in [2.75, 3.05) is 12.3 Å². The number of carbonyl (C=O) groups excluding carboxylic acids is 2. The first-order valence-electron chi connectivity index (χ1n) is 9.38. The maximum absolute atomic E-state index is 13.8. The molecule has 0 bridgehead atoms. The number of nitrogens with zero attached hydrogens (tertiary/aromatic N) is 1. The Hall–Kier alpha value is -2.52. The van der Waals surface area contributed by atoms with Gasteiger partial charge in [-0.1, -0.05) is 18.2 Å². The zero-order chi connectivity index (χ0) is 21.7. The maximum atomic E-state index is 13.8. The van der Waals surface area contributed by atoms with E-state index in [0.717, 1.165) is 11.6 Å². The normalized spacial score (nSPS) is 17.1. The van der Waals surface area contributed by atoms with E-state index < -0.39 is 28.9 Å². The minimum atomic E-state index is -1.28. The quantitative estimate of drug-likeness (QED) is 0.654. The van der Waals surface area contributed by atoms with Gasteiger partial charge in [-0.3, -0.25) is 9.59 Å². The summed E-state index contributed by atoms with van der Waals surface area (Å²) in [5, 5.41) is 2.14. The van der Waals surface area contributed by atoms with Gasteiger partial charge in [0.15, 0.2) is 17.0 Å². The summed E-state index contributed by atoms with van der Waals surface area (Å²) in [5.74, 6) is -3.39. The molecule has 1 unspecified atom stereocenters. The molecule has 2 aromatic rings. The fraction of sp³-hybridized carbons (Fsp3) is 0.333. The third kappa shape index (κ3) is 5.54. The van der Waals surface area contributed by atoms with Crippen molar-refractivity contribution < 1.29 is 22.8 Å². The number of rotatable bonds is 7. The minimum Gasteiger partial charge on any atom is -0.349 e. The fourth-order valence-corrected chi connectivity index (χ4v) is 4.34. The van der Waals surface area contributed by atoms with Gasteiger partial charge in [0, 0.05) is 37.4 Å². The van der Waals surface area contributed by atoms with Gasteiger partial charge in [-0.2, -0.15) is 0 Å². The van der Waals surface area contributed by atoms with E-state index in [2.05, 4.69) is 11.4 Å². The van der Waals surface area contributed by atoms with Crippen molar-refractivity contribution in [1.82, 2.24) is 10.2 Å². The van der Waals surface area contributed by atoms with E-state index >= 15 is 0 Å². The Bertz CT molecular complexity index is 914. The first kappa shape index (κ1) is 22.2. The number of thioether (sulfide) groups is 1. The molecular formula is C21H21F3N3O2S. The van der Waals surface area contributed by atoms with Gasteiger partial charge < -0.3 is 16.0 Å². The molecule has 1 aliphatic rings. The van der Waals surface area contributed by atoms with Gasteiger partial charge in [0.2, 0.25) is 5.91 Å². The Balaban J connectivity index is 1.56. The summed E-state index contributed by atoms with van der Waals surface area (Å²) in [5.41, 5.74) is 6.74. The van der Waals surface area contributed by atoms with Crippen molar-refractivity contribution in [3.8, 4) is 0 Å². The molecule has 1 heterocycles. The highest BCUT2D eigenvalue weighted by atomic mass is 32.2. The van der Waals surface area contributed by atoms with Crippen molar-refractivity contribution >= 4 is 23.6 Å². The van der Waals surface area contributed by atoms with Gasteiger partial charge in [-0.05, 0) is 35.7 Å². The molecular weight excluding hydrogens is 415 g/mol. The predicted molar refractivity (Wildman–Crippen MR) is 108 cm³/mol. The summed E-state index contributed by atoms with van der Waals surface area (Å²) in [7, 11) is 0. The number of carbonyl (C=O) groups is 2. The molecule has 0 aliphatic carbocycles. The second-order valence-electron chi connectivity index (χ2n) is 6.97. The third-order valence-corrected chi connectivity index (χ3v) is 5.88. The van der Waals surface area contributed by atoms with E-state index in [0.29, 0.717) is 24.9 Å². The number of benzene rings is 2. The summed E-state index contributed by atoms with van der Waals surface area (Å²) >= 11 is 1.35. The minimum absolute atomic E-state index is 0.0982. The van der Waals surface area contributed by atoms with Gasteiger partial charge in [0.05, 0.1) is 0 Å². The van der Waals surface area contributed by atoms with Gasteiger partial charge in [0.1, 0.15) is 5.82 Å². The molecule has 1 fully saturated rings. The van der Waals surface area contributed by atoms with Crippen molar-refractivity contribution in [2.24, 2.45) is 5.73 Å². The summed E-state index contributed by atoms with van der Waals surface area (Å²) in [6.07, 6.45) is -0.270. The second kappa shape index (κ2) is 9.99. The Morgan fingerprint density at radius 2 is 2.03 bits per heavy atom. The topological polar surface area (TPSA) is 75.4 Å². The van der Waals surface area contributed by atoms with E-state index in [1.165, 1.54) is 16.7 Å². The molecule has 5 nitrogen and oxygen atoms in total. The van der Waals surface area contributed by atoms with Crippen molar-refractivity contribution in [3.05, 3.63) is 71.0 Å². The molecule has 1 radical (unpaired) electrons. The Labute approximate surface area is 176 Å². The molecule has 1 saturated heterocycles. The van der Waals surface area contributed by atoms with Crippen LogP contribution in [0.3, 0.4) is 0 Å². The third-order valence-electron chi connectivity index (χ3n) is 4.68. The molecule has 3 rings (SSSR count). The first-order valence-corrected chi connectivity index (χ1v) is 10.4. The van der Waals surface area contributed by atoms with Crippen LogP contribution in [0.1, 0.15) is 17.5 Å². The van der Waals surface area contributed by atoms with E-state index in [1.54, 1.807) is 12.1 Å². The lowest BCUT2D eigenvalue weighted by atomic mass is 10.0. The Kier molecular flexibility index (Phi) is 7.38. The van der Waals surface area contributed by atoms with Crippen LogP contribution in [0.25, 0.3) is 0 Å². The molecule has 2 amide bonds. The lowest BCUT2D eigenvalue weighted by Crippen LogP contribution is -2.46. The maximum Gasteiger partial charge on any atom is 0.253 e. The number of halogens is 3. The van der Waals surface area contributed by atoms with Crippen LogP contribution in [0.4, 0.5) is 13.2 Å². The van der Waals surface area contributed by atoms with Crippen molar-refractivity contribution in [3.63, 3.8) is 0 Å². The highest BCUT2D eigenvalue weighted by Gasteiger charge is 2.35. The summed E-state index contributed by atoms with van der Waals surface area (Å²) in [6, 6.07) is 10.5. The smallest absolute Gasteiger partial charge is 0.253 e. The van der Waals surface area contributed by atoms with Crippen molar-refractivity contribution in [2.45, 2.75) is 30.8 Å². The lowest BCUT2D eigenvalue weighted by molar-refractivity contribution is -0.136. The van der Waals surface area contributed by atoms with Crippen molar-refractivity contribution in [1.29, 1.82) is 0 Å². The Morgan fingerprint density at radius 1 is 1.27 bits per heavy atom. The van der Waals surface area contributed by atoms with Crippen LogP contribution < -0.4 is 11.1 Å². The fourth-order valence-electron chi connectivity index (χ4n) is 3.18. The van der Waals surface area contributed by atoms with E-state index in [4.69, 9.17) is 5.73 Å². The van der Waals surface area contributed by atoms with Crippen LogP contribution in [0.5, 0.6) is 0 Å². The van der Waals surface area contributed by atoms with Gasteiger partial charge in [0.25, 0.3) is 5.91 Å². The largest absolute Gasteiger partial charge is 0.349 e. The molecule has 2 atom stereocenters. The number of hydrogen-bond donors (Lipinski definition) is 2. The average molecular weight is 436 g/mol. The summed E-state index contributed by atoms with van der Waals surface area (Å²) in [4.78, 5) is 26.6. The average Bonchev–Trinajstić information content (AvgIpc) is 3.21. The van der Waals surface area contributed by atoms with Crippen LogP contribution in [0.15, 0.2) is 36.4 Å². The molecule has 0 spiro atoms. The molecule has 0 aromatic heterocycles. The molecule has 30 heavy (non-hydrogen) atoms. The van der Waals surface area contributed by atoms with E-state index in [9.17, 15) is 22.8 Å². The zero-order valence-corrected chi connectivity index (χ0v) is 16.9. The molecule has 159 valence electrons. The van der Waals surface area contributed by atoms with Crippen LogP contribution in [-0.2, 0) is 22.6 Å². The standard InChI is InChI=1S/C21H21F3N3O2S/c22-16-11-18(24)17(23)9-14(16)8-15(25)10-19(28)27-6-7-30-21(27)20(29)26-12-13-4-2-1-3-5-13/h1-2,4-5,9,11,15,21H,6-8,10,12,25H2,(H,26,29)/t15-,21?/m1/s1. The molecule has 3 N–H and O–H groups in total. The number of nitrogens with one attached hydrogen (secondary N) is 1. The van der Waals surface area contributed by atoms with Gasteiger partial charge in [-0.15, -0.1) is 11.8 Å². The zero-order valence-electron chi connectivity index (χ0n) is 16.0. The number of hydrogen-bond acceptors (Lipinski definition) is 4. The number of amides is 2. The van der Waals surface area contributed by atoms with Gasteiger partial charge in [-0.25, -0.2) is 13.2 Å². The van der Waals surface area contributed by atoms with Crippen LogP contribution in [0.2, 0.25) is 0 Å². The lowest BCUT2D eigenvalue weighted by Gasteiger charge is -2.24. The Morgan fingerprint density at radius 3 is 2.77 bits per heavy atom. The number of nitrogens with two attached hydrogens (primary N) is 1. The molecule has 9 heteroatoms. The van der Waals surface area contributed by atoms with E-state index in [1.807, 2.05) is 12.1 Å². The molecule has 1 aliphatic heterocycles. The first-order chi connectivity index (χ1) is 14.3. The van der Waals surface area contributed by atoms with E-state index in [-0.39, 0.29) is 30.2 Å². The predicted octanol–water partition coefficient (Wildman–Crippen LogP) is 2.38. The van der Waals surface area contributed by atoms with Gasteiger partial charge >= 0.3 is 0 Å². The molecule has 2 aromatic carbocycles. The van der Waals surface area contributed by atoms with Crippen LogP contribution in [0, 0.1) is 23.5 Å².